The van der Waals surface area contributed by atoms with Crippen LogP contribution < -0.4 is 10.6 Å². The van der Waals surface area contributed by atoms with E-state index in [4.69, 9.17) is 4.74 Å². The predicted octanol–water partition coefficient (Wildman–Crippen LogP) is -0.109. The average molecular weight is 198 g/mol. The van der Waals surface area contributed by atoms with Gasteiger partial charge in [-0.15, -0.1) is 0 Å². The Kier molecular flexibility index (Phi) is 2.74. The van der Waals surface area contributed by atoms with E-state index in [2.05, 4.69) is 10.6 Å². The molecule has 14 heavy (non-hydrogen) atoms. The summed E-state index contributed by atoms with van der Waals surface area (Å²) in [6.45, 7) is 2.87. The topological polar surface area (TPSA) is 50.4 Å². The Morgan fingerprint density at radius 3 is 2.79 bits per heavy atom. The fourth-order valence-corrected chi connectivity index (χ4v) is 2.23. The normalized spacial score (nSPS) is 24.1. The highest BCUT2D eigenvalue weighted by atomic mass is 16.5. The Labute approximate surface area is 84.4 Å². The zero-order valence-corrected chi connectivity index (χ0v) is 8.64. The first-order valence-corrected chi connectivity index (χ1v) is 5.27. The van der Waals surface area contributed by atoms with Crippen molar-refractivity contribution in [2.75, 3.05) is 26.7 Å². The summed E-state index contributed by atoms with van der Waals surface area (Å²) < 4.78 is 5.59. The van der Waals surface area contributed by atoms with Crippen molar-refractivity contribution in [1.82, 2.24) is 10.6 Å². The van der Waals surface area contributed by atoms with Crippen LogP contribution in [0.25, 0.3) is 0 Å². The molecule has 2 fully saturated rings. The van der Waals surface area contributed by atoms with Crippen LogP contribution in [-0.2, 0) is 9.53 Å². The molecular weight excluding hydrogens is 180 g/mol. The molecular formula is C10H18N2O2. The lowest BCUT2D eigenvalue weighted by Crippen LogP contribution is -2.62. The minimum absolute atomic E-state index is 0.0596. The fraction of sp³-hybridized carbons (Fsp3) is 0.900. The van der Waals surface area contributed by atoms with E-state index in [0.717, 1.165) is 13.1 Å². The zero-order chi connectivity index (χ0) is 10.0. The summed E-state index contributed by atoms with van der Waals surface area (Å²) >= 11 is 0. The van der Waals surface area contributed by atoms with Gasteiger partial charge in [-0.1, -0.05) is 0 Å². The van der Waals surface area contributed by atoms with E-state index in [0.29, 0.717) is 24.5 Å². The molecule has 1 spiro atoms. The molecule has 2 rings (SSSR count). The Morgan fingerprint density at radius 1 is 1.57 bits per heavy atom. The average Bonchev–Trinajstić information content (AvgIpc) is 2.05. The number of ether oxygens (including phenoxy) is 1. The van der Waals surface area contributed by atoms with Crippen LogP contribution in [0.15, 0.2) is 0 Å². The molecule has 80 valence electrons. The van der Waals surface area contributed by atoms with Crippen LogP contribution in [0.1, 0.15) is 19.3 Å². The standard InChI is InChI=1S/C10H18N2O2/c1-11-9(13)2-3-14-8-4-10(5-8)6-12-7-10/h8,12H,2-7H2,1H3,(H,11,13). The van der Waals surface area contributed by atoms with E-state index >= 15 is 0 Å². The van der Waals surface area contributed by atoms with Crippen LogP contribution in [0.4, 0.5) is 0 Å². The third-order valence-electron chi connectivity index (χ3n) is 3.28. The van der Waals surface area contributed by atoms with Crippen LogP contribution >= 0.6 is 0 Å². The van der Waals surface area contributed by atoms with Crippen molar-refractivity contribution in [2.24, 2.45) is 5.41 Å². The molecule has 0 aromatic heterocycles. The van der Waals surface area contributed by atoms with Crippen molar-refractivity contribution in [2.45, 2.75) is 25.4 Å². The van der Waals surface area contributed by atoms with Gasteiger partial charge in [0.05, 0.1) is 12.7 Å². The molecule has 1 amide bonds. The monoisotopic (exact) mass is 198 g/mol. The lowest BCUT2D eigenvalue weighted by atomic mass is 9.63. The smallest absolute Gasteiger partial charge is 0.222 e. The first-order valence-electron chi connectivity index (χ1n) is 5.27. The Bertz CT molecular complexity index is 218. The second-order valence-corrected chi connectivity index (χ2v) is 4.43. The van der Waals surface area contributed by atoms with Crippen LogP contribution in [-0.4, -0.2) is 38.8 Å². The fourth-order valence-electron chi connectivity index (χ4n) is 2.23. The maximum absolute atomic E-state index is 10.9. The quantitative estimate of drug-likeness (QED) is 0.663. The van der Waals surface area contributed by atoms with Crippen molar-refractivity contribution in [3.63, 3.8) is 0 Å². The summed E-state index contributed by atoms with van der Waals surface area (Å²) in [6.07, 6.45) is 3.24. The maximum atomic E-state index is 10.9. The molecule has 1 aliphatic carbocycles. The highest BCUT2D eigenvalue weighted by molar-refractivity contribution is 5.75. The summed E-state index contributed by atoms with van der Waals surface area (Å²) in [5, 5.41) is 5.87. The van der Waals surface area contributed by atoms with Gasteiger partial charge in [0.25, 0.3) is 0 Å². The van der Waals surface area contributed by atoms with E-state index < -0.39 is 0 Å². The van der Waals surface area contributed by atoms with E-state index in [9.17, 15) is 4.79 Å². The van der Waals surface area contributed by atoms with E-state index in [1.807, 2.05) is 0 Å². The van der Waals surface area contributed by atoms with Gasteiger partial charge in [0.15, 0.2) is 0 Å². The van der Waals surface area contributed by atoms with Gasteiger partial charge in [-0.25, -0.2) is 0 Å². The molecule has 2 N–H and O–H groups in total. The lowest BCUT2D eigenvalue weighted by Gasteiger charge is -2.54. The predicted molar refractivity (Wildman–Crippen MR) is 53.0 cm³/mol. The molecule has 0 aromatic carbocycles. The van der Waals surface area contributed by atoms with E-state index in [-0.39, 0.29) is 5.91 Å². The summed E-state index contributed by atoms with van der Waals surface area (Å²) in [5.41, 5.74) is 0.567. The number of amides is 1. The maximum Gasteiger partial charge on any atom is 0.222 e. The molecule has 1 heterocycles. The van der Waals surface area contributed by atoms with Gasteiger partial charge in [0.2, 0.25) is 5.91 Å². The Hall–Kier alpha value is -0.610. The van der Waals surface area contributed by atoms with E-state index in [1.165, 1.54) is 12.8 Å². The molecule has 1 saturated carbocycles. The molecule has 0 aromatic rings. The zero-order valence-electron chi connectivity index (χ0n) is 8.64. The van der Waals surface area contributed by atoms with Crippen molar-refractivity contribution < 1.29 is 9.53 Å². The first kappa shape index (κ1) is 9.93. The van der Waals surface area contributed by atoms with Crippen molar-refractivity contribution in [3.05, 3.63) is 0 Å². The molecule has 0 atom stereocenters. The minimum atomic E-state index is 0.0596. The summed E-state index contributed by atoms with van der Waals surface area (Å²) in [4.78, 5) is 10.9. The van der Waals surface area contributed by atoms with Gasteiger partial charge in [-0.3, -0.25) is 4.79 Å². The van der Waals surface area contributed by atoms with Crippen LogP contribution in [0.5, 0.6) is 0 Å². The molecule has 0 radical (unpaired) electrons. The number of rotatable bonds is 4. The highest BCUT2D eigenvalue weighted by Crippen LogP contribution is 2.45. The van der Waals surface area contributed by atoms with Crippen LogP contribution in [0, 0.1) is 5.41 Å². The van der Waals surface area contributed by atoms with Gasteiger partial charge in [-0.2, -0.15) is 0 Å². The van der Waals surface area contributed by atoms with Gasteiger partial charge in [0, 0.05) is 32.0 Å². The van der Waals surface area contributed by atoms with Gasteiger partial charge in [0.1, 0.15) is 0 Å². The van der Waals surface area contributed by atoms with Crippen molar-refractivity contribution in [1.29, 1.82) is 0 Å². The van der Waals surface area contributed by atoms with E-state index in [1.54, 1.807) is 7.05 Å². The Morgan fingerprint density at radius 2 is 2.29 bits per heavy atom. The molecule has 4 heteroatoms. The van der Waals surface area contributed by atoms with Crippen LogP contribution in [0.2, 0.25) is 0 Å². The van der Waals surface area contributed by atoms with Crippen molar-refractivity contribution >= 4 is 5.91 Å². The number of carbonyl (C=O) groups is 1. The highest BCUT2D eigenvalue weighted by Gasteiger charge is 2.48. The van der Waals surface area contributed by atoms with Crippen molar-refractivity contribution in [3.8, 4) is 0 Å². The van der Waals surface area contributed by atoms with Gasteiger partial charge < -0.3 is 15.4 Å². The summed E-state index contributed by atoms with van der Waals surface area (Å²) in [5.74, 6) is 0.0596. The number of nitrogens with one attached hydrogen (secondary N) is 2. The second-order valence-electron chi connectivity index (χ2n) is 4.43. The SMILES string of the molecule is CNC(=O)CCOC1CC2(CNC2)C1. The molecule has 4 nitrogen and oxygen atoms in total. The molecule has 0 unspecified atom stereocenters. The molecule has 2 aliphatic rings. The minimum Gasteiger partial charge on any atom is -0.378 e. The second kappa shape index (κ2) is 3.87. The largest absolute Gasteiger partial charge is 0.378 e. The molecule has 0 bridgehead atoms. The lowest BCUT2D eigenvalue weighted by molar-refractivity contribution is -0.127. The van der Waals surface area contributed by atoms with Crippen LogP contribution in [0.3, 0.4) is 0 Å². The third-order valence-corrected chi connectivity index (χ3v) is 3.28. The molecule has 1 aliphatic heterocycles. The van der Waals surface area contributed by atoms with Gasteiger partial charge in [-0.05, 0) is 12.8 Å². The summed E-state index contributed by atoms with van der Waals surface area (Å²) in [7, 11) is 1.65. The Balaban J connectivity index is 1.54. The van der Waals surface area contributed by atoms with Gasteiger partial charge >= 0.3 is 0 Å². The first-order chi connectivity index (χ1) is 6.74. The summed E-state index contributed by atoms with van der Waals surface area (Å²) in [6, 6.07) is 0. The molecule has 1 saturated heterocycles. The number of hydrogen-bond donors (Lipinski definition) is 2. The number of hydrogen-bond acceptors (Lipinski definition) is 3. The third kappa shape index (κ3) is 1.91. The number of carbonyl (C=O) groups excluding carboxylic acids is 1.